The third kappa shape index (κ3) is 2.12. The first-order valence-corrected chi connectivity index (χ1v) is 4.70. The monoisotopic (exact) mass is 208 g/mol. The van der Waals surface area contributed by atoms with E-state index in [2.05, 4.69) is 10.3 Å². The number of benzene rings is 1. The number of hydrogen-bond acceptors (Lipinski definition) is 2. The van der Waals surface area contributed by atoms with Crippen molar-refractivity contribution in [2.45, 2.75) is 6.42 Å². The van der Waals surface area contributed by atoms with Gasteiger partial charge >= 0.3 is 0 Å². The highest BCUT2D eigenvalue weighted by Crippen LogP contribution is 2.17. The van der Waals surface area contributed by atoms with Crippen LogP contribution in [0.1, 0.15) is 6.42 Å². The maximum atomic E-state index is 10.9. The van der Waals surface area contributed by atoms with E-state index in [9.17, 15) is 4.79 Å². The van der Waals surface area contributed by atoms with Gasteiger partial charge in [-0.1, -0.05) is 11.6 Å². The molecule has 4 heteroatoms. The minimum Gasteiger partial charge on any atom is -0.350 e. The van der Waals surface area contributed by atoms with Crippen molar-refractivity contribution < 1.29 is 4.79 Å². The smallest absolute Gasteiger partial charge is 0.226 e. The summed E-state index contributed by atoms with van der Waals surface area (Å²) < 4.78 is 0. The molecule has 1 N–H and O–H groups in total. The summed E-state index contributed by atoms with van der Waals surface area (Å²) >= 11 is 5.74. The Morgan fingerprint density at radius 2 is 2.00 bits per heavy atom. The average Bonchev–Trinajstić information content (AvgIpc) is 2.56. The Hall–Kier alpha value is -1.35. The molecule has 1 fully saturated rings. The molecule has 0 radical (unpaired) electrons. The SMILES string of the molecule is O=C1CC(=Nc2ccc(Cl)cc2)CN1. The second kappa shape index (κ2) is 3.80. The number of aliphatic imine (C=N–C) groups is 1. The van der Waals surface area contributed by atoms with Crippen LogP contribution < -0.4 is 5.32 Å². The summed E-state index contributed by atoms with van der Waals surface area (Å²) in [6.45, 7) is 0.557. The van der Waals surface area contributed by atoms with Crippen molar-refractivity contribution in [2.75, 3.05) is 6.54 Å². The summed E-state index contributed by atoms with van der Waals surface area (Å²) in [4.78, 5) is 15.2. The van der Waals surface area contributed by atoms with Crippen molar-refractivity contribution in [3.63, 3.8) is 0 Å². The van der Waals surface area contributed by atoms with Crippen LogP contribution in [0.15, 0.2) is 29.3 Å². The zero-order valence-electron chi connectivity index (χ0n) is 7.46. The highest BCUT2D eigenvalue weighted by Gasteiger charge is 2.15. The van der Waals surface area contributed by atoms with Crippen molar-refractivity contribution in [1.82, 2.24) is 5.32 Å². The van der Waals surface area contributed by atoms with E-state index in [1.807, 2.05) is 12.1 Å². The molecule has 14 heavy (non-hydrogen) atoms. The van der Waals surface area contributed by atoms with Crippen LogP contribution in [0, 0.1) is 0 Å². The van der Waals surface area contributed by atoms with Crippen LogP contribution in [0.2, 0.25) is 5.02 Å². The molecule has 0 aromatic heterocycles. The van der Waals surface area contributed by atoms with E-state index in [0.717, 1.165) is 11.4 Å². The molecule has 2 rings (SSSR count). The fraction of sp³-hybridized carbons (Fsp3) is 0.200. The number of nitrogens with one attached hydrogen (secondary N) is 1. The predicted octanol–water partition coefficient (Wildman–Crippen LogP) is 1.93. The van der Waals surface area contributed by atoms with Crippen molar-refractivity contribution in [3.8, 4) is 0 Å². The number of hydrogen-bond donors (Lipinski definition) is 1. The van der Waals surface area contributed by atoms with Crippen LogP contribution in [0.3, 0.4) is 0 Å². The molecular formula is C10H9ClN2O. The third-order valence-electron chi connectivity index (χ3n) is 1.97. The lowest BCUT2D eigenvalue weighted by molar-refractivity contribution is -0.118. The average molecular weight is 209 g/mol. The molecule has 1 heterocycles. The van der Waals surface area contributed by atoms with E-state index in [4.69, 9.17) is 11.6 Å². The van der Waals surface area contributed by atoms with Crippen molar-refractivity contribution in [3.05, 3.63) is 29.3 Å². The number of rotatable bonds is 1. The molecule has 1 amide bonds. The number of halogens is 1. The molecule has 3 nitrogen and oxygen atoms in total. The number of amides is 1. The number of nitrogens with zero attached hydrogens (tertiary/aromatic N) is 1. The first-order valence-electron chi connectivity index (χ1n) is 4.33. The summed E-state index contributed by atoms with van der Waals surface area (Å²) in [5, 5.41) is 3.39. The first-order chi connectivity index (χ1) is 6.74. The van der Waals surface area contributed by atoms with Gasteiger partial charge in [-0.2, -0.15) is 0 Å². The highest BCUT2D eigenvalue weighted by atomic mass is 35.5. The van der Waals surface area contributed by atoms with Crippen LogP contribution in [0.4, 0.5) is 5.69 Å². The van der Waals surface area contributed by atoms with Gasteiger partial charge in [-0.15, -0.1) is 0 Å². The second-order valence-corrected chi connectivity index (χ2v) is 3.54. The van der Waals surface area contributed by atoms with E-state index >= 15 is 0 Å². The van der Waals surface area contributed by atoms with Gasteiger partial charge in [-0.25, -0.2) is 0 Å². The van der Waals surface area contributed by atoms with Gasteiger partial charge in [0.2, 0.25) is 5.91 Å². The van der Waals surface area contributed by atoms with Crippen LogP contribution >= 0.6 is 11.6 Å². The summed E-state index contributed by atoms with van der Waals surface area (Å²) in [5.41, 5.74) is 1.71. The topological polar surface area (TPSA) is 41.5 Å². The minimum absolute atomic E-state index is 0.0395. The Labute approximate surface area is 86.8 Å². The standard InChI is InChI=1S/C10H9ClN2O/c11-7-1-3-8(4-2-7)13-9-5-10(14)12-6-9/h1-4H,5-6H2,(H,12,14). The number of carbonyl (C=O) groups is 1. The summed E-state index contributed by atoms with van der Waals surface area (Å²) in [6.07, 6.45) is 0.405. The van der Waals surface area contributed by atoms with Crippen LogP contribution in [-0.4, -0.2) is 18.2 Å². The van der Waals surface area contributed by atoms with Gasteiger partial charge in [0, 0.05) is 10.7 Å². The molecule has 0 aliphatic carbocycles. The molecule has 1 aliphatic rings. The third-order valence-corrected chi connectivity index (χ3v) is 2.22. The second-order valence-electron chi connectivity index (χ2n) is 3.11. The fourth-order valence-electron chi connectivity index (χ4n) is 1.29. The fourth-order valence-corrected chi connectivity index (χ4v) is 1.41. The molecule has 1 aliphatic heterocycles. The first kappa shape index (κ1) is 9.21. The lowest BCUT2D eigenvalue weighted by Gasteiger charge is -1.95. The lowest BCUT2D eigenvalue weighted by atomic mass is 10.3. The Balaban J connectivity index is 2.17. The molecule has 1 aromatic rings. The Kier molecular flexibility index (Phi) is 2.50. The molecule has 0 atom stereocenters. The summed E-state index contributed by atoms with van der Waals surface area (Å²) in [7, 11) is 0. The molecule has 0 unspecified atom stereocenters. The summed E-state index contributed by atoms with van der Waals surface area (Å²) in [5.74, 6) is 0.0395. The van der Waals surface area contributed by atoms with Gasteiger partial charge in [0.15, 0.2) is 0 Å². The maximum Gasteiger partial charge on any atom is 0.226 e. The van der Waals surface area contributed by atoms with Crippen LogP contribution in [0.25, 0.3) is 0 Å². The van der Waals surface area contributed by atoms with Gasteiger partial charge in [0.05, 0.1) is 18.7 Å². The molecule has 0 saturated carbocycles. The zero-order chi connectivity index (χ0) is 9.97. The lowest BCUT2D eigenvalue weighted by Crippen LogP contribution is -2.13. The minimum atomic E-state index is 0.0395. The number of carbonyl (C=O) groups excluding carboxylic acids is 1. The van der Waals surface area contributed by atoms with Gasteiger partial charge in [0.1, 0.15) is 0 Å². The van der Waals surface area contributed by atoms with Gasteiger partial charge in [0.25, 0.3) is 0 Å². The van der Waals surface area contributed by atoms with Gasteiger partial charge < -0.3 is 5.32 Å². The summed E-state index contributed by atoms with van der Waals surface area (Å²) in [6, 6.07) is 7.23. The van der Waals surface area contributed by atoms with E-state index in [-0.39, 0.29) is 5.91 Å². The van der Waals surface area contributed by atoms with E-state index in [1.165, 1.54) is 0 Å². The highest BCUT2D eigenvalue weighted by molar-refractivity contribution is 6.30. The predicted molar refractivity (Wildman–Crippen MR) is 56.2 cm³/mol. The van der Waals surface area contributed by atoms with Gasteiger partial charge in [-0.3, -0.25) is 9.79 Å². The van der Waals surface area contributed by atoms with E-state index in [0.29, 0.717) is 18.0 Å². The molecule has 1 saturated heterocycles. The van der Waals surface area contributed by atoms with Crippen molar-refractivity contribution >= 4 is 28.9 Å². The quantitative estimate of drug-likeness (QED) is 0.753. The maximum absolute atomic E-state index is 10.9. The van der Waals surface area contributed by atoms with Crippen LogP contribution in [-0.2, 0) is 4.79 Å². The molecule has 0 spiro atoms. The normalized spacial score (nSPS) is 18.6. The molecular weight excluding hydrogens is 200 g/mol. The van der Waals surface area contributed by atoms with Crippen LogP contribution in [0.5, 0.6) is 0 Å². The zero-order valence-corrected chi connectivity index (χ0v) is 8.21. The van der Waals surface area contributed by atoms with Gasteiger partial charge in [-0.05, 0) is 24.3 Å². The molecule has 72 valence electrons. The Morgan fingerprint density at radius 1 is 1.29 bits per heavy atom. The largest absolute Gasteiger partial charge is 0.350 e. The molecule has 1 aromatic carbocycles. The van der Waals surface area contributed by atoms with E-state index in [1.54, 1.807) is 12.1 Å². The van der Waals surface area contributed by atoms with Crippen molar-refractivity contribution in [1.29, 1.82) is 0 Å². The Morgan fingerprint density at radius 3 is 2.57 bits per heavy atom. The van der Waals surface area contributed by atoms with Crippen molar-refractivity contribution in [2.24, 2.45) is 4.99 Å². The van der Waals surface area contributed by atoms with E-state index < -0.39 is 0 Å². The Bertz CT molecular complexity index is 384. The molecule has 0 bridgehead atoms.